The van der Waals surface area contributed by atoms with Gasteiger partial charge in [0.2, 0.25) is 0 Å². The van der Waals surface area contributed by atoms with Crippen LogP contribution < -0.4 is 20.5 Å². The van der Waals surface area contributed by atoms with Gasteiger partial charge in [-0.1, -0.05) is 93.6 Å². The summed E-state index contributed by atoms with van der Waals surface area (Å²) in [7, 11) is -2.55. The molecule has 3 aromatic carbocycles. The first-order valence-electron chi connectivity index (χ1n) is 9.06. The van der Waals surface area contributed by atoms with Gasteiger partial charge in [-0.25, -0.2) is 0 Å². The maximum absolute atomic E-state index is 6.94. The maximum Gasteiger partial charge on any atom is 0.319 e. The van der Waals surface area contributed by atoms with Gasteiger partial charge in [-0.05, 0) is 33.1 Å². The van der Waals surface area contributed by atoms with Gasteiger partial charge in [-0.15, -0.1) is 0 Å². The number of hydrogen-bond donors (Lipinski definition) is 1. The van der Waals surface area contributed by atoms with E-state index in [-0.39, 0.29) is 5.04 Å². The van der Waals surface area contributed by atoms with Gasteiger partial charge in [0.1, 0.15) is 5.75 Å². The SMILES string of the molecule is CC(C)(C)[Si](Oc1ccc(CN)cc1)(c1ccccc1)c1ccccc1. The molecule has 2 N–H and O–H groups in total. The molecule has 2 nitrogen and oxygen atoms in total. The summed E-state index contributed by atoms with van der Waals surface area (Å²) in [4.78, 5) is 0. The minimum absolute atomic E-state index is 0.0394. The molecule has 0 spiro atoms. The third-order valence-electron chi connectivity index (χ3n) is 4.85. The number of rotatable bonds is 5. The molecule has 26 heavy (non-hydrogen) atoms. The summed E-state index contributed by atoms with van der Waals surface area (Å²) in [6.07, 6.45) is 0. The largest absolute Gasteiger partial charge is 0.534 e. The highest BCUT2D eigenvalue weighted by Gasteiger charge is 2.52. The fourth-order valence-corrected chi connectivity index (χ4v) is 7.94. The first-order chi connectivity index (χ1) is 12.5. The molecule has 0 aliphatic rings. The Labute approximate surface area is 157 Å². The smallest absolute Gasteiger partial charge is 0.319 e. The molecule has 0 aromatic heterocycles. The Hall–Kier alpha value is -2.36. The van der Waals surface area contributed by atoms with Gasteiger partial charge in [-0.2, -0.15) is 0 Å². The molecule has 3 aromatic rings. The van der Waals surface area contributed by atoms with Crippen LogP contribution in [0.2, 0.25) is 5.04 Å². The van der Waals surface area contributed by atoms with Crippen molar-refractivity contribution >= 4 is 18.7 Å². The van der Waals surface area contributed by atoms with E-state index in [1.54, 1.807) is 0 Å². The van der Waals surface area contributed by atoms with E-state index < -0.39 is 8.32 Å². The lowest BCUT2D eigenvalue weighted by molar-refractivity contribution is 0.508. The molecular formula is C23H27NOSi. The van der Waals surface area contributed by atoms with Crippen molar-refractivity contribution in [2.75, 3.05) is 0 Å². The van der Waals surface area contributed by atoms with Crippen LogP contribution in [0.15, 0.2) is 84.9 Å². The minimum Gasteiger partial charge on any atom is -0.534 e. The van der Waals surface area contributed by atoms with E-state index >= 15 is 0 Å². The second-order valence-electron chi connectivity index (χ2n) is 7.61. The normalized spacial score (nSPS) is 12.0. The number of hydrogen-bond acceptors (Lipinski definition) is 2. The van der Waals surface area contributed by atoms with Crippen molar-refractivity contribution in [3.8, 4) is 5.75 Å². The van der Waals surface area contributed by atoms with Gasteiger partial charge in [-0.3, -0.25) is 0 Å². The van der Waals surface area contributed by atoms with E-state index in [1.807, 2.05) is 24.3 Å². The summed E-state index contributed by atoms with van der Waals surface area (Å²) in [6, 6.07) is 29.6. The van der Waals surface area contributed by atoms with Crippen LogP contribution in [0, 0.1) is 0 Å². The lowest BCUT2D eigenvalue weighted by atomic mass is 10.2. The molecule has 0 fully saturated rings. The lowest BCUT2D eigenvalue weighted by Gasteiger charge is -2.43. The van der Waals surface area contributed by atoms with Crippen molar-refractivity contribution < 1.29 is 4.43 Å². The molecule has 0 amide bonds. The highest BCUT2D eigenvalue weighted by molar-refractivity contribution is 7.00. The first kappa shape index (κ1) is 18.4. The Bertz CT molecular complexity index is 784. The standard InChI is InChI=1S/C23H27NOSi/c1-23(2,3)26(21-10-6-4-7-11-21,22-12-8-5-9-13-22)25-20-16-14-19(18-24)15-17-20/h4-17H,18,24H2,1-3H3. The summed E-state index contributed by atoms with van der Waals surface area (Å²) in [6.45, 7) is 7.40. The molecule has 0 aliphatic heterocycles. The fourth-order valence-electron chi connectivity index (χ4n) is 3.52. The van der Waals surface area contributed by atoms with Crippen molar-refractivity contribution in [1.82, 2.24) is 0 Å². The summed E-state index contributed by atoms with van der Waals surface area (Å²) < 4.78 is 6.94. The zero-order chi connectivity index (χ0) is 18.6. The summed E-state index contributed by atoms with van der Waals surface area (Å²) >= 11 is 0. The summed E-state index contributed by atoms with van der Waals surface area (Å²) in [5, 5.41) is 2.52. The zero-order valence-electron chi connectivity index (χ0n) is 15.8. The second-order valence-corrected chi connectivity index (χ2v) is 11.8. The lowest BCUT2D eigenvalue weighted by Crippen LogP contribution is -2.68. The molecule has 134 valence electrons. The van der Waals surface area contributed by atoms with Crippen molar-refractivity contribution in [3.63, 3.8) is 0 Å². The highest BCUT2D eigenvalue weighted by Crippen LogP contribution is 2.37. The van der Waals surface area contributed by atoms with E-state index in [9.17, 15) is 0 Å². The summed E-state index contributed by atoms with van der Waals surface area (Å²) in [5.74, 6) is 0.900. The average molecular weight is 362 g/mol. The first-order valence-corrected chi connectivity index (χ1v) is 11.0. The van der Waals surface area contributed by atoms with Gasteiger partial charge in [0.25, 0.3) is 0 Å². The molecular weight excluding hydrogens is 334 g/mol. The van der Waals surface area contributed by atoms with Gasteiger partial charge < -0.3 is 10.2 Å². The van der Waals surface area contributed by atoms with Crippen LogP contribution >= 0.6 is 0 Å². The Morgan fingerprint density at radius 2 is 1.19 bits per heavy atom. The van der Waals surface area contributed by atoms with Crippen LogP contribution in [0.4, 0.5) is 0 Å². The van der Waals surface area contributed by atoms with Crippen molar-refractivity contribution in [1.29, 1.82) is 0 Å². The number of benzene rings is 3. The van der Waals surface area contributed by atoms with Gasteiger partial charge in [0, 0.05) is 6.54 Å². The van der Waals surface area contributed by atoms with E-state index in [0.717, 1.165) is 11.3 Å². The van der Waals surface area contributed by atoms with Crippen molar-refractivity contribution in [2.24, 2.45) is 5.73 Å². The van der Waals surface area contributed by atoms with Gasteiger partial charge in [0.05, 0.1) is 0 Å². The second kappa shape index (κ2) is 7.48. The Morgan fingerprint density at radius 3 is 1.58 bits per heavy atom. The molecule has 0 atom stereocenters. The molecule has 0 saturated heterocycles. The van der Waals surface area contributed by atoms with Crippen LogP contribution in [-0.4, -0.2) is 8.32 Å². The number of nitrogens with two attached hydrogens (primary N) is 1. The average Bonchev–Trinajstić information content (AvgIpc) is 2.67. The van der Waals surface area contributed by atoms with E-state index in [1.165, 1.54) is 10.4 Å². The van der Waals surface area contributed by atoms with E-state index in [2.05, 4.69) is 81.4 Å². The quantitative estimate of drug-likeness (QED) is 0.695. The maximum atomic E-state index is 6.94. The van der Waals surface area contributed by atoms with Crippen LogP contribution in [0.25, 0.3) is 0 Å². The molecule has 0 radical (unpaired) electrons. The molecule has 0 unspecified atom stereocenters. The van der Waals surface area contributed by atoms with Crippen LogP contribution in [-0.2, 0) is 6.54 Å². The molecule has 0 heterocycles. The predicted molar refractivity (Wildman–Crippen MR) is 113 cm³/mol. The van der Waals surface area contributed by atoms with Crippen LogP contribution in [0.1, 0.15) is 26.3 Å². The molecule has 3 heteroatoms. The monoisotopic (exact) mass is 361 g/mol. The Kier molecular flexibility index (Phi) is 5.30. The third kappa shape index (κ3) is 3.46. The topological polar surface area (TPSA) is 35.2 Å². The van der Waals surface area contributed by atoms with E-state index in [4.69, 9.17) is 10.2 Å². The minimum atomic E-state index is -2.55. The van der Waals surface area contributed by atoms with Crippen molar-refractivity contribution in [3.05, 3.63) is 90.5 Å². The third-order valence-corrected chi connectivity index (χ3v) is 9.79. The Morgan fingerprint density at radius 1 is 0.731 bits per heavy atom. The fraction of sp³-hybridized carbons (Fsp3) is 0.217. The molecule has 3 rings (SSSR count). The van der Waals surface area contributed by atoms with E-state index in [0.29, 0.717) is 6.54 Å². The van der Waals surface area contributed by atoms with Crippen LogP contribution in [0.5, 0.6) is 5.75 Å². The molecule has 0 saturated carbocycles. The van der Waals surface area contributed by atoms with Crippen molar-refractivity contribution in [2.45, 2.75) is 32.4 Å². The van der Waals surface area contributed by atoms with Gasteiger partial charge in [0.15, 0.2) is 0 Å². The van der Waals surface area contributed by atoms with Gasteiger partial charge >= 0.3 is 8.32 Å². The Balaban J connectivity index is 2.19. The van der Waals surface area contributed by atoms with Crippen LogP contribution in [0.3, 0.4) is 0 Å². The highest BCUT2D eigenvalue weighted by atomic mass is 28.4. The predicted octanol–water partition coefficient (Wildman–Crippen LogP) is 4.08. The summed E-state index contributed by atoms with van der Waals surface area (Å²) in [5.41, 5.74) is 6.86. The molecule has 0 aliphatic carbocycles. The zero-order valence-corrected chi connectivity index (χ0v) is 16.8. The molecule has 0 bridgehead atoms.